The monoisotopic (exact) mass is 363 g/mol. The van der Waals surface area contributed by atoms with E-state index < -0.39 is 23.4 Å². The molecule has 2 aromatic rings. The van der Waals surface area contributed by atoms with Crippen LogP contribution in [0.5, 0.6) is 11.5 Å². The molecule has 3 atom stereocenters. The van der Waals surface area contributed by atoms with Crippen LogP contribution in [0.15, 0.2) is 42.5 Å². The summed E-state index contributed by atoms with van der Waals surface area (Å²) >= 11 is 6.24. The van der Waals surface area contributed by atoms with Crippen LogP contribution in [0.1, 0.15) is 23.0 Å². The Balaban J connectivity index is 1.78. The van der Waals surface area contributed by atoms with Gasteiger partial charge in [0.15, 0.2) is 11.5 Å². The van der Waals surface area contributed by atoms with Crippen LogP contribution >= 0.6 is 11.6 Å². The van der Waals surface area contributed by atoms with E-state index in [1.54, 1.807) is 36.4 Å². The fourth-order valence-electron chi connectivity index (χ4n) is 3.57. The number of benzene rings is 2. The number of ether oxygens (including phenoxy) is 2. The van der Waals surface area contributed by atoms with Gasteiger partial charge < -0.3 is 9.47 Å². The van der Waals surface area contributed by atoms with E-state index >= 15 is 4.39 Å². The highest BCUT2D eigenvalue weighted by Gasteiger charge is 2.72. The molecule has 0 radical (unpaired) electrons. The van der Waals surface area contributed by atoms with Crippen molar-refractivity contribution >= 4 is 17.5 Å². The molecule has 25 heavy (non-hydrogen) atoms. The quantitative estimate of drug-likeness (QED) is 0.649. The first-order chi connectivity index (χ1) is 12.1. The van der Waals surface area contributed by atoms with Gasteiger partial charge in [-0.2, -0.15) is 0 Å². The number of hydrogen-bond acceptors (Lipinski definition) is 4. The second-order valence-corrected chi connectivity index (χ2v) is 6.51. The highest BCUT2D eigenvalue weighted by Crippen LogP contribution is 2.67. The number of amides is 1. The zero-order chi connectivity index (χ0) is 17.6. The van der Waals surface area contributed by atoms with Gasteiger partial charge in [-0.15, -0.1) is 0 Å². The van der Waals surface area contributed by atoms with Gasteiger partial charge in [-0.05, 0) is 23.3 Å². The Labute approximate surface area is 148 Å². The van der Waals surface area contributed by atoms with Crippen molar-refractivity contribution in [2.45, 2.75) is 17.5 Å². The van der Waals surface area contributed by atoms with Crippen molar-refractivity contribution in [2.75, 3.05) is 13.2 Å². The Morgan fingerprint density at radius 2 is 1.84 bits per heavy atom. The Morgan fingerprint density at radius 3 is 2.56 bits per heavy atom. The highest BCUT2D eigenvalue weighted by atomic mass is 35.5. The van der Waals surface area contributed by atoms with Crippen LogP contribution in [0.4, 0.5) is 4.39 Å². The number of rotatable bonds is 3. The lowest BCUT2D eigenvalue weighted by Crippen LogP contribution is -2.33. The topological polar surface area (TPSA) is 67.8 Å². The fourth-order valence-corrected chi connectivity index (χ4v) is 3.84. The van der Waals surface area contributed by atoms with Crippen LogP contribution in [0.3, 0.4) is 0 Å². The molecule has 2 N–H and O–H groups in total. The van der Waals surface area contributed by atoms with Crippen molar-refractivity contribution in [1.29, 1.82) is 0 Å². The van der Waals surface area contributed by atoms with E-state index in [0.717, 1.165) is 0 Å². The van der Waals surface area contributed by atoms with E-state index in [0.29, 0.717) is 40.9 Å². The number of carbonyl (C=O) groups excluding carboxylic acids is 1. The van der Waals surface area contributed by atoms with E-state index in [-0.39, 0.29) is 0 Å². The van der Waals surface area contributed by atoms with Crippen LogP contribution < -0.4 is 15.0 Å². The molecule has 1 saturated carbocycles. The van der Waals surface area contributed by atoms with Gasteiger partial charge in [-0.25, -0.2) is 9.87 Å². The SMILES string of the molecule is O=C(NO)C1(F)C(c2ccccc2)C1c1cc(Cl)c2c(c1)OCCO2. The summed E-state index contributed by atoms with van der Waals surface area (Å²) in [6.45, 7) is 0.763. The average Bonchev–Trinajstić information content (AvgIpc) is 3.29. The summed E-state index contributed by atoms with van der Waals surface area (Å²) < 4.78 is 26.5. The third-order valence-electron chi connectivity index (χ3n) is 4.72. The summed E-state index contributed by atoms with van der Waals surface area (Å²) in [4.78, 5) is 12.0. The number of hydrogen-bond donors (Lipinski definition) is 2. The first-order valence-electron chi connectivity index (χ1n) is 7.84. The molecular formula is C18H15ClFNO4. The van der Waals surface area contributed by atoms with Gasteiger partial charge in [0, 0.05) is 11.8 Å². The van der Waals surface area contributed by atoms with Gasteiger partial charge in [0.2, 0.25) is 5.67 Å². The summed E-state index contributed by atoms with van der Waals surface area (Å²) in [5.41, 5.74) is 0.374. The smallest absolute Gasteiger partial charge is 0.282 e. The molecule has 3 unspecified atom stereocenters. The summed E-state index contributed by atoms with van der Waals surface area (Å²) in [5, 5.41) is 9.28. The van der Waals surface area contributed by atoms with Crippen molar-refractivity contribution in [3.63, 3.8) is 0 Å². The minimum Gasteiger partial charge on any atom is -0.486 e. The van der Waals surface area contributed by atoms with Crippen LogP contribution in [-0.4, -0.2) is 30.0 Å². The van der Waals surface area contributed by atoms with Crippen molar-refractivity contribution in [3.8, 4) is 11.5 Å². The molecule has 0 aromatic heterocycles. The second-order valence-electron chi connectivity index (χ2n) is 6.10. The van der Waals surface area contributed by atoms with Crippen LogP contribution in [0, 0.1) is 0 Å². The Bertz CT molecular complexity index is 831. The molecule has 130 valence electrons. The summed E-state index contributed by atoms with van der Waals surface area (Å²) in [5.74, 6) is -1.73. The Morgan fingerprint density at radius 1 is 1.16 bits per heavy atom. The Hall–Kier alpha value is -2.31. The summed E-state index contributed by atoms with van der Waals surface area (Å²) in [6, 6.07) is 12.1. The molecular weight excluding hydrogens is 349 g/mol. The fraction of sp³-hybridized carbons (Fsp3) is 0.278. The molecule has 4 rings (SSSR count). The minimum absolute atomic E-state index is 0.303. The number of carbonyl (C=O) groups is 1. The van der Waals surface area contributed by atoms with Gasteiger partial charge in [0.05, 0.1) is 5.02 Å². The van der Waals surface area contributed by atoms with Crippen molar-refractivity contribution in [2.24, 2.45) is 0 Å². The Kier molecular flexibility index (Phi) is 3.81. The first kappa shape index (κ1) is 16.2. The number of alkyl halides is 1. The second kappa shape index (κ2) is 5.89. The summed E-state index contributed by atoms with van der Waals surface area (Å²) in [7, 11) is 0. The first-order valence-corrected chi connectivity index (χ1v) is 8.22. The molecule has 1 heterocycles. The molecule has 2 aliphatic rings. The minimum atomic E-state index is -2.26. The lowest BCUT2D eigenvalue weighted by molar-refractivity contribution is -0.136. The molecule has 1 aliphatic carbocycles. The lowest BCUT2D eigenvalue weighted by Gasteiger charge is -2.20. The molecule has 1 amide bonds. The van der Waals surface area contributed by atoms with Crippen molar-refractivity contribution < 1.29 is 23.9 Å². The maximum absolute atomic E-state index is 15.5. The van der Waals surface area contributed by atoms with E-state index in [2.05, 4.69) is 0 Å². The summed E-state index contributed by atoms with van der Waals surface area (Å²) in [6.07, 6.45) is 0. The molecule has 1 fully saturated rings. The van der Waals surface area contributed by atoms with Gasteiger partial charge in [-0.1, -0.05) is 41.9 Å². The normalized spacial score (nSPS) is 26.8. The van der Waals surface area contributed by atoms with Gasteiger partial charge in [-0.3, -0.25) is 10.0 Å². The number of fused-ring (bicyclic) bond motifs is 1. The molecule has 0 bridgehead atoms. The predicted molar refractivity (Wildman–Crippen MR) is 88.1 cm³/mol. The van der Waals surface area contributed by atoms with E-state index in [9.17, 15) is 4.79 Å². The predicted octanol–water partition coefficient (Wildman–Crippen LogP) is 3.21. The van der Waals surface area contributed by atoms with Gasteiger partial charge in [0.25, 0.3) is 5.91 Å². The van der Waals surface area contributed by atoms with Crippen LogP contribution in [0.2, 0.25) is 5.02 Å². The lowest BCUT2D eigenvalue weighted by atomic mass is 10.0. The van der Waals surface area contributed by atoms with Gasteiger partial charge >= 0.3 is 0 Å². The third kappa shape index (κ3) is 2.44. The van der Waals surface area contributed by atoms with E-state index in [1.165, 1.54) is 5.48 Å². The molecule has 0 saturated heterocycles. The third-order valence-corrected chi connectivity index (χ3v) is 5.00. The molecule has 0 spiro atoms. The number of hydroxylamine groups is 1. The van der Waals surface area contributed by atoms with E-state index in [4.69, 9.17) is 26.3 Å². The van der Waals surface area contributed by atoms with Crippen LogP contribution in [0.25, 0.3) is 0 Å². The van der Waals surface area contributed by atoms with E-state index in [1.807, 2.05) is 6.07 Å². The molecule has 2 aromatic carbocycles. The average molecular weight is 364 g/mol. The largest absolute Gasteiger partial charge is 0.486 e. The maximum Gasteiger partial charge on any atom is 0.282 e. The molecule has 7 heteroatoms. The van der Waals surface area contributed by atoms with Crippen molar-refractivity contribution in [1.82, 2.24) is 5.48 Å². The van der Waals surface area contributed by atoms with Crippen molar-refractivity contribution in [3.05, 3.63) is 58.6 Å². The zero-order valence-electron chi connectivity index (χ0n) is 13.0. The van der Waals surface area contributed by atoms with Gasteiger partial charge in [0.1, 0.15) is 13.2 Å². The molecule has 1 aliphatic heterocycles. The molecule has 5 nitrogen and oxygen atoms in total. The highest BCUT2D eigenvalue weighted by molar-refractivity contribution is 6.32. The number of nitrogens with one attached hydrogen (secondary N) is 1. The standard InChI is InChI=1S/C18H15ClFNO4/c19-12-8-11(9-13-16(12)25-7-6-24-13)15-14(10-4-2-1-3-5-10)18(15,20)17(22)21-23/h1-5,8-9,14-15,23H,6-7H2,(H,21,22). The zero-order valence-corrected chi connectivity index (χ0v) is 13.8. The maximum atomic E-state index is 15.5. The number of halogens is 2. The van der Waals surface area contributed by atoms with Crippen LogP contribution in [-0.2, 0) is 4.79 Å².